The monoisotopic (exact) mass is 383 g/mol. The topological polar surface area (TPSA) is 50.2 Å². The van der Waals surface area contributed by atoms with Crippen molar-refractivity contribution in [2.24, 2.45) is 0 Å². The van der Waals surface area contributed by atoms with Crippen LogP contribution in [0.1, 0.15) is 11.1 Å². The van der Waals surface area contributed by atoms with Crippen molar-refractivity contribution < 1.29 is 23.1 Å². The molecule has 0 spiro atoms. The van der Waals surface area contributed by atoms with Gasteiger partial charge in [0.05, 0.1) is 27.7 Å². The SMILES string of the molecule is O=C(O)Cc1c(C(F)(F)F)ccnc1-c1c(Cl)cc(Cl)cc1Cl. The molecule has 0 amide bonds. The van der Waals surface area contributed by atoms with Crippen molar-refractivity contribution in [3.05, 3.63) is 50.6 Å². The van der Waals surface area contributed by atoms with Gasteiger partial charge in [-0.15, -0.1) is 0 Å². The number of benzene rings is 1. The predicted molar refractivity (Wildman–Crippen MR) is 81.0 cm³/mol. The van der Waals surface area contributed by atoms with Crippen LogP contribution in [0.15, 0.2) is 24.4 Å². The second-order valence-corrected chi connectivity index (χ2v) is 5.75. The van der Waals surface area contributed by atoms with E-state index in [0.29, 0.717) is 6.07 Å². The van der Waals surface area contributed by atoms with Crippen molar-refractivity contribution in [3.8, 4) is 11.3 Å². The van der Waals surface area contributed by atoms with Gasteiger partial charge in [-0.3, -0.25) is 9.78 Å². The highest BCUT2D eigenvalue weighted by Crippen LogP contribution is 2.41. The fourth-order valence-corrected chi connectivity index (χ4v) is 3.07. The van der Waals surface area contributed by atoms with Crippen molar-refractivity contribution in [2.75, 3.05) is 0 Å². The van der Waals surface area contributed by atoms with Gasteiger partial charge < -0.3 is 5.11 Å². The molecular weight excluding hydrogens is 378 g/mol. The molecule has 0 aliphatic carbocycles. The molecule has 0 fully saturated rings. The number of rotatable bonds is 3. The van der Waals surface area contributed by atoms with Crippen LogP contribution in [0.5, 0.6) is 0 Å². The summed E-state index contributed by atoms with van der Waals surface area (Å²) in [4.78, 5) is 14.8. The molecule has 0 atom stereocenters. The molecule has 3 nitrogen and oxygen atoms in total. The summed E-state index contributed by atoms with van der Waals surface area (Å²) in [5.41, 5.74) is -1.86. The molecule has 1 aromatic heterocycles. The molecule has 1 heterocycles. The quantitative estimate of drug-likeness (QED) is 0.775. The Balaban J connectivity index is 2.80. The van der Waals surface area contributed by atoms with Crippen LogP contribution in [0.2, 0.25) is 15.1 Å². The first-order chi connectivity index (χ1) is 10.6. The Kier molecular flexibility index (Phi) is 5.08. The van der Waals surface area contributed by atoms with Gasteiger partial charge in [0.25, 0.3) is 0 Å². The summed E-state index contributed by atoms with van der Waals surface area (Å²) in [5.74, 6) is -1.44. The third kappa shape index (κ3) is 3.88. The third-order valence-electron chi connectivity index (χ3n) is 2.93. The molecule has 2 rings (SSSR count). The van der Waals surface area contributed by atoms with E-state index in [1.165, 1.54) is 12.1 Å². The lowest BCUT2D eigenvalue weighted by atomic mass is 9.98. The standard InChI is InChI=1S/C14H7Cl3F3NO2/c15-6-3-9(16)12(10(17)4-6)13-7(5-11(22)23)8(1-2-21-13)14(18,19)20/h1-4H,5H2,(H,22,23). The number of carboxylic acids is 1. The zero-order chi connectivity index (χ0) is 17.4. The van der Waals surface area contributed by atoms with Crippen LogP contribution in [-0.4, -0.2) is 16.1 Å². The highest BCUT2D eigenvalue weighted by molar-refractivity contribution is 6.41. The van der Waals surface area contributed by atoms with Crippen LogP contribution in [-0.2, 0) is 17.4 Å². The van der Waals surface area contributed by atoms with Crippen molar-refractivity contribution in [1.29, 1.82) is 0 Å². The normalized spacial score (nSPS) is 11.6. The third-order valence-corrected chi connectivity index (χ3v) is 3.75. The van der Waals surface area contributed by atoms with E-state index in [4.69, 9.17) is 39.9 Å². The van der Waals surface area contributed by atoms with Gasteiger partial charge in [-0.1, -0.05) is 34.8 Å². The van der Waals surface area contributed by atoms with E-state index in [9.17, 15) is 18.0 Å². The maximum atomic E-state index is 13.2. The molecule has 0 radical (unpaired) electrons. The van der Waals surface area contributed by atoms with Crippen molar-refractivity contribution in [2.45, 2.75) is 12.6 Å². The highest BCUT2D eigenvalue weighted by Gasteiger charge is 2.36. The molecule has 122 valence electrons. The number of carbonyl (C=O) groups is 1. The van der Waals surface area contributed by atoms with Crippen LogP contribution in [0, 0.1) is 0 Å². The van der Waals surface area contributed by atoms with Crippen LogP contribution in [0.4, 0.5) is 13.2 Å². The summed E-state index contributed by atoms with van der Waals surface area (Å²) >= 11 is 17.8. The number of alkyl halides is 3. The van der Waals surface area contributed by atoms with Gasteiger partial charge in [0.2, 0.25) is 0 Å². The van der Waals surface area contributed by atoms with Gasteiger partial charge in [0.15, 0.2) is 0 Å². The zero-order valence-corrected chi connectivity index (χ0v) is 13.4. The van der Waals surface area contributed by atoms with Crippen molar-refractivity contribution in [1.82, 2.24) is 4.98 Å². The summed E-state index contributed by atoms with van der Waals surface area (Å²) in [5, 5.41) is 9.07. The highest BCUT2D eigenvalue weighted by atomic mass is 35.5. The molecule has 0 saturated heterocycles. The summed E-state index contributed by atoms with van der Waals surface area (Å²) in [6.45, 7) is 0. The second-order valence-electron chi connectivity index (χ2n) is 4.50. The van der Waals surface area contributed by atoms with Crippen LogP contribution < -0.4 is 0 Å². The van der Waals surface area contributed by atoms with Crippen LogP contribution >= 0.6 is 34.8 Å². The summed E-state index contributed by atoms with van der Waals surface area (Å²) in [6.07, 6.45) is -4.70. The van der Waals surface area contributed by atoms with Gasteiger partial charge in [-0.05, 0) is 18.2 Å². The molecular formula is C14H7Cl3F3NO2. The Morgan fingerprint density at radius 1 is 1.17 bits per heavy atom. The molecule has 0 unspecified atom stereocenters. The Bertz CT molecular complexity index is 755. The van der Waals surface area contributed by atoms with E-state index < -0.39 is 29.7 Å². The fourth-order valence-electron chi connectivity index (χ4n) is 2.07. The molecule has 9 heteroatoms. The number of aromatic nitrogens is 1. The minimum Gasteiger partial charge on any atom is -0.481 e. The van der Waals surface area contributed by atoms with Crippen LogP contribution in [0.3, 0.4) is 0 Å². The lowest BCUT2D eigenvalue weighted by molar-refractivity contribution is -0.139. The number of nitrogens with zero attached hydrogens (tertiary/aromatic N) is 1. The van der Waals surface area contributed by atoms with Crippen molar-refractivity contribution in [3.63, 3.8) is 0 Å². The van der Waals surface area contributed by atoms with Gasteiger partial charge in [-0.2, -0.15) is 13.2 Å². The number of pyridine rings is 1. The Morgan fingerprint density at radius 3 is 2.22 bits per heavy atom. The van der Waals surface area contributed by atoms with Gasteiger partial charge >= 0.3 is 12.1 Å². The lowest BCUT2D eigenvalue weighted by Gasteiger charge is -2.16. The van der Waals surface area contributed by atoms with Crippen LogP contribution in [0.25, 0.3) is 11.3 Å². The Hall–Kier alpha value is -1.50. The smallest absolute Gasteiger partial charge is 0.416 e. The molecule has 1 N–H and O–H groups in total. The molecule has 0 aliphatic heterocycles. The van der Waals surface area contributed by atoms with E-state index in [1.807, 2.05) is 0 Å². The first-order valence-electron chi connectivity index (χ1n) is 6.03. The largest absolute Gasteiger partial charge is 0.481 e. The van der Waals surface area contributed by atoms with Gasteiger partial charge in [0, 0.05) is 22.3 Å². The Labute approximate surface area is 143 Å². The minimum atomic E-state index is -4.74. The molecule has 1 aromatic carbocycles. The molecule has 0 aliphatic rings. The van der Waals surface area contributed by atoms with E-state index in [2.05, 4.69) is 4.98 Å². The number of halogens is 6. The van der Waals surface area contributed by atoms with E-state index in [1.54, 1.807) is 0 Å². The molecule has 0 saturated carbocycles. The van der Waals surface area contributed by atoms with E-state index in [0.717, 1.165) is 6.20 Å². The van der Waals surface area contributed by atoms with Gasteiger partial charge in [-0.25, -0.2) is 0 Å². The second kappa shape index (κ2) is 6.55. The van der Waals surface area contributed by atoms with Gasteiger partial charge in [0.1, 0.15) is 0 Å². The summed E-state index contributed by atoms with van der Waals surface area (Å²) in [6, 6.07) is 3.28. The Morgan fingerprint density at radius 2 is 1.74 bits per heavy atom. The number of carboxylic acid groups (broad SMARTS) is 1. The maximum Gasteiger partial charge on any atom is 0.416 e. The first kappa shape index (κ1) is 17.8. The summed E-state index contributed by atoms with van der Waals surface area (Å²) < 4.78 is 39.5. The summed E-state index contributed by atoms with van der Waals surface area (Å²) in [7, 11) is 0. The maximum absolute atomic E-state index is 13.2. The molecule has 0 bridgehead atoms. The average Bonchev–Trinajstić information content (AvgIpc) is 2.37. The number of hydrogen-bond acceptors (Lipinski definition) is 2. The van der Waals surface area contributed by atoms with E-state index in [-0.39, 0.29) is 26.3 Å². The zero-order valence-electron chi connectivity index (χ0n) is 11.1. The predicted octanol–water partition coefficient (Wildman–Crippen LogP) is 5.35. The molecule has 23 heavy (non-hydrogen) atoms. The average molecular weight is 385 g/mol. The first-order valence-corrected chi connectivity index (χ1v) is 7.16. The molecule has 2 aromatic rings. The van der Waals surface area contributed by atoms with Crippen molar-refractivity contribution >= 4 is 40.8 Å². The lowest BCUT2D eigenvalue weighted by Crippen LogP contribution is -2.14. The van der Waals surface area contributed by atoms with E-state index >= 15 is 0 Å². The fraction of sp³-hybridized carbons (Fsp3) is 0.143. The number of hydrogen-bond donors (Lipinski definition) is 1. The minimum absolute atomic E-state index is 0.0000772. The number of aliphatic carboxylic acids is 1.